The molecule has 0 bridgehead atoms. The van der Waals surface area contributed by atoms with Crippen molar-refractivity contribution in [2.45, 2.75) is 18.7 Å². The van der Waals surface area contributed by atoms with Gasteiger partial charge in [0.1, 0.15) is 11.1 Å². The van der Waals surface area contributed by atoms with Crippen LogP contribution in [0.3, 0.4) is 0 Å². The highest BCUT2D eigenvalue weighted by Gasteiger charge is 2.26. The van der Waals surface area contributed by atoms with Crippen molar-refractivity contribution in [3.05, 3.63) is 35.9 Å². The summed E-state index contributed by atoms with van der Waals surface area (Å²) in [6, 6.07) is 9.64. The number of rotatable bonds is 2. The third-order valence-corrected chi connectivity index (χ3v) is 3.22. The summed E-state index contributed by atoms with van der Waals surface area (Å²) < 4.78 is 0. The van der Waals surface area contributed by atoms with E-state index in [1.165, 1.54) is 11.8 Å². The molecule has 0 fully saturated rings. The van der Waals surface area contributed by atoms with Gasteiger partial charge in [-0.2, -0.15) is 0 Å². The van der Waals surface area contributed by atoms with Crippen LogP contribution in [0.15, 0.2) is 35.3 Å². The van der Waals surface area contributed by atoms with E-state index in [2.05, 4.69) is 4.99 Å². The van der Waals surface area contributed by atoms with E-state index in [9.17, 15) is 4.79 Å². The molecular weight excluding hydrogens is 194 g/mol. The predicted molar refractivity (Wildman–Crippen MR) is 59.7 cm³/mol. The molecule has 1 atom stereocenters. The second kappa shape index (κ2) is 3.96. The van der Waals surface area contributed by atoms with Crippen LogP contribution in [0.1, 0.15) is 18.9 Å². The Kier molecular flexibility index (Phi) is 2.68. The first-order valence-electron chi connectivity index (χ1n) is 4.65. The van der Waals surface area contributed by atoms with Gasteiger partial charge in [-0.15, -0.1) is 0 Å². The Bertz CT molecular complexity index is 372. The van der Waals surface area contributed by atoms with Crippen LogP contribution in [0.25, 0.3) is 0 Å². The minimum atomic E-state index is 0.100. The molecule has 3 heteroatoms. The van der Waals surface area contributed by atoms with Crippen molar-refractivity contribution in [3.8, 4) is 0 Å². The number of nitrogens with zero attached hydrogens (tertiary/aromatic N) is 1. The Balaban J connectivity index is 2.31. The van der Waals surface area contributed by atoms with E-state index in [-0.39, 0.29) is 10.5 Å². The fourth-order valence-electron chi connectivity index (χ4n) is 1.37. The van der Waals surface area contributed by atoms with Gasteiger partial charge in [-0.25, -0.2) is 0 Å². The lowest BCUT2D eigenvalue weighted by Crippen LogP contribution is -2.06. The Morgan fingerprint density at radius 3 is 2.64 bits per heavy atom. The van der Waals surface area contributed by atoms with Crippen molar-refractivity contribution in [1.82, 2.24) is 0 Å². The van der Waals surface area contributed by atoms with Crippen LogP contribution in [-0.4, -0.2) is 16.2 Å². The van der Waals surface area contributed by atoms with Crippen molar-refractivity contribution in [3.63, 3.8) is 0 Å². The summed E-state index contributed by atoms with van der Waals surface area (Å²) in [6.07, 6.45) is 0.909. The van der Waals surface area contributed by atoms with Crippen LogP contribution < -0.4 is 0 Å². The molecule has 0 saturated heterocycles. The van der Waals surface area contributed by atoms with Crippen molar-refractivity contribution in [2.75, 3.05) is 0 Å². The standard InChI is InChI=1S/C11H11NOS/c1-2-9-12-10(11(13)14-9)8-6-4-3-5-7-8/h3-7,9H,2H2,1H3/t9-/m0/s1. The summed E-state index contributed by atoms with van der Waals surface area (Å²) >= 11 is 1.33. The van der Waals surface area contributed by atoms with Crippen LogP contribution in [0.2, 0.25) is 0 Å². The fraction of sp³-hybridized carbons (Fsp3) is 0.273. The van der Waals surface area contributed by atoms with Gasteiger partial charge in [-0.1, -0.05) is 49.0 Å². The molecule has 0 unspecified atom stereocenters. The van der Waals surface area contributed by atoms with Gasteiger partial charge in [0.05, 0.1) is 0 Å². The zero-order chi connectivity index (χ0) is 9.97. The van der Waals surface area contributed by atoms with Crippen molar-refractivity contribution in [1.29, 1.82) is 0 Å². The second-order valence-corrected chi connectivity index (χ2v) is 4.26. The van der Waals surface area contributed by atoms with Crippen molar-refractivity contribution in [2.24, 2.45) is 4.99 Å². The number of aliphatic imine (C=N–C) groups is 1. The number of hydrogen-bond donors (Lipinski definition) is 0. The van der Waals surface area contributed by atoms with Gasteiger partial charge in [-0.05, 0) is 6.42 Å². The topological polar surface area (TPSA) is 29.4 Å². The lowest BCUT2D eigenvalue weighted by molar-refractivity contribution is -0.105. The molecule has 0 amide bonds. The average Bonchev–Trinajstić information content (AvgIpc) is 2.61. The van der Waals surface area contributed by atoms with E-state index in [0.717, 1.165) is 12.0 Å². The first-order chi connectivity index (χ1) is 6.81. The van der Waals surface area contributed by atoms with E-state index in [4.69, 9.17) is 0 Å². The number of hydrogen-bond acceptors (Lipinski definition) is 3. The molecule has 0 spiro atoms. The first-order valence-corrected chi connectivity index (χ1v) is 5.53. The third-order valence-electron chi connectivity index (χ3n) is 2.11. The Labute approximate surface area is 87.4 Å². The quantitative estimate of drug-likeness (QED) is 0.742. The van der Waals surface area contributed by atoms with E-state index < -0.39 is 0 Å². The molecule has 0 aromatic heterocycles. The number of benzene rings is 1. The molecule has 14 heavy (non-hydrogen) atoms. The minimum Gasteiger partial charge on any atom is -0.280 e. The van der Waals surface area contributed by atoms with Gasteiger partial charge in [0.25, 0.3) is 0 Å². The highest BCUT2D eigenvalue weighted by atomic mass is 32.2. The SMILES string of the molecule is CC[C@H]1N=C(c2ccccc2)C(=O)S1. The lowest BCUT2D eigenvalue weighted by Gasteiger charge is -1.96. The summed E-state index contributed by atoms with van der Waals surface area (Å²) in [4.78, 5) is 16.0. The van der Waals surface area contributed by atoms with Crippen LogP contribution in [0.4, 0.5) is 0 Å². The summed E-state index contributed by atoms with van der Waals surface area (Å²) in [6.45, 7) is 2.04. The van der Waals surface area contributed by atoms with Gasteiger partial charge < -0.3 is 0 Å². The molecule has 0 N–H and O–H groups in total. The third kappa shape index (κ3) is 1.73. The predicted octanol–water partition coefficient (Wildman–Crippen LogP) is 2.49. The molecule has 0 saturated carbocycles. The van der Waals surface area contributed by atoms with Crippen LogP contribution in [0, 0.1) is 0 Å². The minimum absolute atomic E-state index is 0.100. The van der Waals surface area contributed by atoms with E-state index >= 15 is 0 Å². The molecule has 0 radical (unpaired) electrons. The molecule has 72 valence electrons. The van der Waals surface area contributed by atoms with Crippen LogP contribution >= 0.6 is 11.8 Å². The maximum absolute atomic E-state index is 11.6. The molecule has 2 nitrogen and oxygen atoms in total. The van der Waals surface area contributed by atoms with Crippen molar-refractivity contribution < 1.29 is 4.79 Å². The normalized spacial score (nSPS) is 21.1. The molecule has 1 aliphatic heterocycles. The first kappa shape index (κ1) is 9.46. The smallest absolute Gasteiger partial charge is 0.240 e. The highest BCUT2D eigenvalue weighted by molar-refractivity contribution is 8.16. The molecule has 0 aliphatic carbocycles. The molecule has 2 rings (SSSR count). The average molecular weight is 205 g/mol. The molecular formula is C11H11NOS. The summed E-state index contributed by atoms with van der Waals surface area (Å²) in [5, 5.41) is 0.223. The van der Waals surface area contributed by atoms with Crippen molar-refractivity contribution >= 4 is 22.6 Å². The van der Waals surface area contributed by atoms with Crippen LogP contribution in [-0.2, 0) is 4.79 Å². The monoisotopic (exact) mass is 205 g/mol. The van der Waals surface area contributed by atoms with E-state index in [0.29, 0.717) is 5.71 Å². The summed E-state index contributed by atoms with van der Waals surface area (Å²) in [5.74, 6) is 0. The highest BCUT2D eigenvalue weighted by Crippen LogP contribution is 2.26. The molecule has 1 aromatic rings. The van der Waals surface area contributed by atoms with Gasteiger partial charge in [0.15, 0.2) is 0 Å². The zero-order valence-electron chi connectivity index (χ0n) is 7.93. The summed E-state index contributed by atoms with van der Waals surface area (Å²) in [7, 11) is 0. The fourth-order valence-corrected chi connectivity index (χ4v) is 2.22. The van der Waals surface area contributed by atoms with Gasteiger partial charge in [0, 0.05) is 5.56 Å². The Morgan fingerprint density at radius 1 is 1.36 bits per heavy atom. The van der Waals surface area contributed by atoms with Crippen LogP contribution in [0.5, 0.6) is 0 Å². The zero-order valence-corrected chi connectivity index (χ0v) is 8.75. The number of carbonyl (C=O) groups is 1. The maximum atomic E-state index is 11.6. The Hall–Kier alpha value is -1.09. The van der Waals surface area contributed by atoms with E-state index in [1.807, 2.05) is 37.3 Å². The second-order valence-electron chi connectivity index (χ2n) is 3.11. The molecule has 1 heterocycles. The van der Waals surface area contributed by atoms with Gasteiger partial charge in [0.2, 0.25) is 5.12 Å². The van der Waals surface area contributed by atoms with E-state index in [1.54, 1.807) is 0 Å². The largest absolute Gasteiger partial charge is 0.280 e. The molecule has 1 aliphatic rings. The molecule has 1 aromatic carbocycles. The van der Waals surface area contributed by atoms with Gasteiger partial charge >= 0.3 is 0 Å². The number of carbonyl (C=O) groups excluding carboxylic acids is 1. The summed E-state index contributed by atoms with van der Waals surface area (Å²) in [5.41, 5.74) is 1.56. The number of thioether (sulfide) groups is 1. The lowest BCUT2D eigenvalue weighted by atomic mass is 10.1. The Morgan fingerprint density at radius 2 is 2.07 bits per heavy atom. The maximum Gasteiger partial charge on any atom is 0.240 e. The van der Waals surface area contributed by atoms with Gasteiger partial charge in [-0.3, -0.25) is 9.79 Å².